The molecule has 0 aromatic carbocycles. The van der Waals surface area contributed by atoms with Gasteiger partial charge >= 0.3 is 0 Å². The maximum Gasteiger partial charge on any atom is 0.0491 e. The molecular weight excluding hydrogens is 88.1 g/mol. The van der Waals surface area contributed by atoms with E-state index < -0.39 is 0 Å². The van der Waals surface area contributed by atoms with Gasteiger partial charge in [0.2, 0.25) is 0 Å². The number of aryl methyl sites for hydroxylation is 2. The maximum atomic E-state index is 3.09. The molecule has 0 amide bonds. The summed E-state index contributed by atoms with van der Waals surface area (Å²) in [5, 5.41) is 3.09. The molecule has 2 heteroatoms. The van der Waals surface area contributed by atoms with E-state index in [4.69, 9.17) is 0 Å². The van der Waals surface area contributed by atoms with E-state index in [-0.39, 0.29) is 0 Å². The topological polar surface area (TPSA) is 20.7 Å². The van der Waals surface area contributed by atoms with Crippen molar-refractivity contribution < 1.29 is 0 Å². The van der Waals surface area contributed by atoms with Crippen molar-refractivity contribution in [1.29, 1.82) is 0 Å². The average Bonchev–Trinajstić information content (AvgIpc) is 1.58. The van der Waals surface area contributed by atoms with E-state index in [0.717, 1.165) is 6.42 Å². The maximum absolute atomic E-state index is 3.09. The number of aromatic amines is 1. The Labute approximate surface area is 43.1 Å². The fraction of sp³-hybridized carbons (Fsp3) is 0.600. The molecule has 0 radical (unpaired) electrons. The monoisotopic (exact) mass is 98.1 g/mol. The van der Waals surface area contributed by atoms with Crippen LogP contribution >= 0.6 is 0 Å². The van der Waals surface area contributed by atoms with E-state index in [0.29, 0.717) is 0 Å². The van der Waals surface area contributed by atoms with Gasteiger partial charge in [0.15, 0.2) is 0 Å². The molecule has 0 saturated heterocycles. The molecule has 1 rings (SSSR count). The van der Waals surface area contributed by atoms with Crippen molar-refractivity contribution in [2.24, 2.45) is 7.05 Å². The van der Waals surface area contributed by atoms with Crippen LogP contribution in [0.1, 0.15) is 12.6 Å². The molecule has 1 heterocycles. The van der Waals surface area contributed by atoms with Gasteiger partial charge in [0.05, 0.1) is 0 Å². The van der Waals surface area contributed by atoms with Crippen molar-refractivity contribution in [1.82, 2.24) is 9.78 Å². The molecule has 1 aromatic rings. The van der Waals surface area contributed by atoms with Gasteiger partial charge in [0.1, 0.15) is 0 Å². The van der Waals surface area contributed by atoms with Gasteiger partial charge in [0.25, 0.3) is 0 Å². The molecule has 1 aromatic heterocycles. The number of nitrogens with one attached hydrogen (secondary N) is 1. The van der Waals surface area contributed by atoms with Gasteiger partial charge in [-0.1, -0.05) is 6.92 Å². The number of hydrogen-bond acceptors (Lipinski definition) is 0. The zero-order chi connectivity index (χ0) is 5.28. The Bertz CT molecular complexity index is 127. The fourth-order valence-corrected chi connectivity index (χ4v) is 0.626. The molecule has 40 valence electrons. The van der Waals surface area contributed by atoms with Crippen LogP contribution in [-0.2, 0) is 13.5 Å². The summed E-state index contributed by atoms with van der Waals surface area (Å²) in [5.74, 6) is 0. The lowest BCUT2D eigenvalue weighted by atomic mass is 10.3. The Balaban J connectivity index is 2.56. The summed E-state index contributed by atoms with van der Waals surface area (Å²) in [5.41, 5.74) is 1.32. The summed E-state index contributed by atoms with van der Waals surface area (Å²) >= 11 is 0. The first kappa shape index (κ1) is 4.50. The van der Waals surface area contributed by atoms with Gasteiger partial charge in [0, 0.05) is 18.9 Å². The lowest BCUT2D eigenvalue weighted by Gasteiger charge is -2.07. The minimum atomic E-state index is 1.12. The predicted molar refractivity (Wildman–Crippen MR) is 29.1 cm³/mol. The molecule has 0 unspecified atom stereocenters. The molecule has 0 bridgehead atoms. The van der Waals surface area contributed by atoms with Crippen LogP contribution in [0.15, 0.2) is 6.20 Å². The molecule has 0 atom stereocenters. The molecule has 0 aliphatic carbocycles. The summed E-state index contributed by atoms with van der Waals surface area (Å²) in [7, 11) is 1.99. The molecule has 0 aliphatic heterocycles. The summed E-state index contributed by atoms with van der Waals surface area (Å²) < 4.78 is 1.94. The Morgan fingerprint density at radius 2 is 2.43 bits per heavy atom. The van der Waals surface area contributed by atoms with E-state index in [1.54, 1.807) is 0 Å². The lowest BCUT2D eigenvalue weighted by Crippen LogP contribution is -2.06. The largest absolute Gasteiger partial charge is 0.302 e. The molecule has 7 heavy (non-hydrogen) atoms. The van der Waals surface area contributed by atoms with Crippen LogP contribution in [-0.4, -0.2) is 9.78 Å². The Hall–Kier alpha value is -0.660. The summed E-state index contributed by atoms with van der Waals surface area (Å²) in [6.45, 7) is 2.13. The number of hydrogen-bond donors (Lipinski definition) is 1. The first-order chi connectivity index (χ1) is 3.33. The van der Waals surface area contributed by atoms with E-state index in [1.807, 2.05) is 11.7 Å². The average molecular weight is 98.1 g/mol. The highest BCUT2D eigenvalue weighted by atomic mass is 15.3. The highest BCUT2D eigenvalue weighted by Crippen LogP contribution is 1.93. The minimum Gasteiger partial charge on any atom is -0.302 e. The van der Waals surface area contributed by atoms with Crippen LogP contribution in [0.5, 0.6) is 0 Å². The van der Waals surface area contributed by atoms with Crippen LogP contribution < -0.4 is 0 Å². The van der Waals surface area contributed by atoms with Gasteiger partial charge in [-0.15, -0.1) is 0 Å². The van der Waals surface area contributed by atoms with Gasteiger partial charge in [-0.3, -0.25) is 4.68 Å². The number of rotatable bonds is 1. The van der Waals surface area contributed by atoms with E-state index in [2.05, 4.69) is 18.2 Å². The standard InChI is InChI=1S/C5H10N2/c1-3-5-4-7(2)6-5/h4,6H,3H2,1-2H3. The SMILES string of the molecule is CCc1cn(C)[nH]1. The normalized spacial score (nSPS) is 10.0. The number of nitrogens with zero attached hydrogens (tertiary/aromatic N) is 1. The molecule has 0 fully saturated rings. The second kappa shape index (κ2) is 1.45. The van der Waals surface area contributed by atoms with Crippen molar-refractivity contribution in [3.05, 3.63) is 11.9 Å². The van der Waals surface area contributed by atoms with E-state index in [1.165, 1.54) is 5.69 Å². The molecule has 0 aliphatic rings. The second-order valence-electron chi connectivity index (χ2n) is 1.73. The Kier molecular flexibility index (Phi) is 0.929. The van der Waals surface area contributed by atoms with Crippen LogP contribution in [0.4, 0.5) is 0 Å². The third kappa shape index (κ3) is 0.683. The lowest BCUT2D eigenvalue weighted by molar-refractivity contribution is 0.645. The van der Waals surface area contributed by atoms with Gasteiger partial charge in [-0.05, 0) is 6.42 Å². The number of H-pyrrole nitrogens is 1. The van der Waals surface area contributed by atoms with Crippen LogP contribution in [0, 0.1) is 0 Å². The molecular formula is C5H10N2. The molecule has 0 saturated carbocycles. The fourth-order valence-electron chi connectivity index (χ4n) is 0.626. The first-order valence-corrected chi connectivity index (χ1v) is 2.53. The number of aromatic nitrogens is 2. The van der Waals surface area contributed by atoms with Crippen LogP contribution in [0.3, 0.4) is 0 Å². The molecule has 2 nitrogen and oxygen atoms in total. The smallest absolute Gasteiger partial charge is 0.0491 e. The Morgan fingerprint density at radius 3 is 2.57 bits per heavy atom. The zero-order valence-corrected chi connectivity index (χ0v) is 4.73. The van der Waals surface area contributed by atoms with Crippen LogP contribution in [0.25, 0.3) is 0 Å². The third-order valence-electron chi connectivity index (χ3n) is 1.05. The van der Waals surface area contributed by atoms with Crippen molar-refractivity contribution >= 4 is 0 Å². The van der Waals surface area contributed by atoms with Crippen molar-refractivity contribution in [3.8, 4) is 0 Å². The summed E-state index contributed by atoms with van der Waals surface area (Å²) in [4.78, 5) is 0. The molecule has 1 N–H and O–H groups in total. The van der Waals surface area contributed by atoms with Crippen LogP contribution in [0.2, 0.25) is 0 Å². The van der Waals surface area contributed by atoms with Gasteiger partial charge in [-0.2, -0.15) is 0 Å². The van der Waals surface area contributed by atoms with E-state index >= 15 is 0 Å². The zero-order valence-electron chi connectivity index (χ0n) is 4.73. The quantitative estimate of drug-likeness (QED) is 0.539. The predicted octanol–water partition coefficient (Wildman–Crippen LogP) is 0.916. The minimum absolute atomic E-state index is 1.12. The van der Waals surface area contributed by atoms with Crippen molar-refractivity contribution in [2.75, 3.05) is 0 Å². The third-order valence-corrected chi connectivity index (χ3v) is 1.05. The summed E-state index contributed by atoms with van der Waals surface area (Å²) in [6.07, 6.45) is 3.20. The van der Waals surface area contributed by atoms with Crippen molar-refractivity contribution in [3.63, 3.8) is 0 Å². The van der Waals surface area contributed by atoms with Gasteiger partial charge < -0.3 is 5.10 Å². The Morgan fingerprint density at radius 1 is 1.86 bits per heavy atom. The van der Waals surface area contributed by atoms with Crippen molar-refractivity contribution in [2.45, 2.75) is 13.3 Å². The van der Waals surface area contributed by atoms with E-state index in [9.17, 15) is 0 Å². The van der Waals surface area contributed by atoms with Gasteiger partial charge in [-0.25, -0.2) is 0 Å². The summed E-state index contributed by atoms with van der Waals surface area (Å²) in [6, 6.07) is 0. The second-order valence-corrected chi connectivity index (χ2v) is 1.73. The highest BCUT2D eigenvalue weighted by molar-refractivity contribution is 4.93. The highest BCUT2D eigenvalue weighted by Gasteiger charge is 1.89. The first-order valence-electron chi connectivity index (χ1n) is 2.53. The molecule has 0 spiro atoms.